The maximum Gasteiger partial charge on any atom is 0.269 e. The summed E-state index contributed by atoms with van der Waals surface area (Å²) in [5.41, 5.74) is -0.0729. The highest BCUT2D eigenvalue weighted by molar-refractivity contribution is 9.10. The first-order valence-electron chi connectivity index (χ1n) is 5.91. The minimum atomic E-state index is -0.0729. The van der Waals surface area contributed by atoms with Crippen molar-refractivity contribution in [3.63, 3.8) is 0 Å². The highest BCUT2D eigenvalue weighted by Crippen LogP contribution is 2.35. The molecule has 0 aromatic carbocycles. The predicted octanol–water partition coefficient (Wildman–Crippen LogP) is 3.66. The van der Waals surface area contributed by atoms with E-state index in [1.807, 2.05) is 0 Å². The van der Waals surface area contributed by atoms with Gasteiger partial charge in [-0.1, -0.05) is 25.4 Å². The Morgan fingerprint density at radius 1 is 1.35 bits per heavy atom. The number of nitrogens with zero attached hydrogens (tertiary/aromatic N) is 2. The fourth-order valence-corrected chi connectivity index (χ4v) is 3.25. The SMILES string of the molecule is CC1CC(C)CC(n2cnc(Cl)c(Br)c2=O)C1. The van der Waals surface area contributed by atoms with E-state index in [-0.39, 0.29) is 16.8 Å². The maximum atomic E-state index is 12.1. The molecule has 1 aromatic heterocycles. The van der Waals surface area contributed by atoms with Crippen LogP contribution in [0.25, 0.3) is 0 Å². The third-order valence-corrected chi connectivity index (χ3v) is 4.68. The summed E-state index contributed by atoms with van der Waals surface area (Å²) in [4.78, 5) is 16.1. The normalized spacial score (nSPS) is 29.3. The van der Waals surface area contributed by atoms with Crippen LogP contribution in [-0.4, -0.2) is 9.55 Å². The lowest BCUT2D eigenvalue weighted by Crippen LogP contribution is -2.31. The van der Waals surface area contributed by atoms with Gasteiger partial charge >= 0.3 is 0 Å². The lowest BCUT2D eigenvalue weighted by atomic mass is 9.80. The molecule has 0 spiro atoms. The second-order valence-electron chi connectivity index (χ2n) is 5.13. The van der Waals surface area contributed by atoms with Gasteiger partial charge in [-0.05, 0) is 47.0 Å². The summed E-state index contributed by atoms with van der Waals surface area (Å²) in [5, 5.41) is 0.239. The van der Waals surface area contributed by atoms with Gasteiger partial charge in [0.05, 0.1) is 6.33 Å². The van der Waals surface area contributed by atoms with Crippen molar-refractivity contribution < 1.29 is 0 Å². The Balaban J connectivity index is 2.34. The van der Waals surface area contributed by atoms with Crippen LogP contribution in [0.5, 0.6) is 0 Å². The zero-order chi connectivity index (χ0) is 12.6. The molecule has 0 saturated heterocycles. The molecule has 1 aliphatic rings. The average Bonchev–Trinajstić information content (AvgIpc) is 2.24. The highest BCUT2D eigenvalue weighted by Gasteiger charge is 2.26. The smallest absolute Gasteiger partial charge is 0.269 e. The number of rotatable bonds is 1. The molecule has 0 bridgehead atoms. The van der Waals surface area contributed by atoms with Crippen molar-refractivity contribution in [3.8, 4) is 0 Å². The molecule has 3 nitrogen and oxygen atoms in total. The van der Waals surface area contributed by atoms with Crippen LogP contribution in [0.15, 0.2) is 15.6 Å². The van der Waals surface area contributed by atoms with E-state index in [0.29, 0.717) is 16.3 Å². The van der Waals surface area contributed by atoms with Crippen molar-refractivity contribution >= 4 is 27.5 Å². The highest BCUT2D eigenvalue weighted by atomic mass is 79.9. The molecule has 94 valence electrons. The van der Waals surface area contributed by atoms with Crippen LogP contribution in [0.3, 0.4) is 0 Å². The average molecular weight is 320 g/mol. The van der Waals surface area contributed by atoms with Gasteiger partial charge in [-0.2, -0.15) is 0 Å². The molecule has 1 saturated carbocycles. The van der Waals surface area contributed by atoms with Crippen LogP contribution in [0.4, 0.5) is 0 Å². The Kier molecular flexibility index (Phi) is 3.93. The zero-order valence-electron chi connectivity index (χ0n) is 9.99. The van der Waals surface area contributed by atoms with E-state index in [2.05, 4.69) is 34.8 Å². The molecule has 1 fully saturated rings. The third kappa shape index (κ3) is 2.74. The second-order valence-corrected chi connectivity index (χ2v) is 6.28. The Morgan fingerprint density at radius 2 is 1.94 bits per heavy atom. The van der Waals surface area contributed by atoms with Gasteiger partial charge in [0.15, 0.2) is 5.15 Å². The van der Waals surface area contributed by atoms with Crippen molar-refractivity contribution in [2.24, 2.45) is 11.8 Å². The zero-order valence-corrected chi connectivity index (χ0v) is 12.3. The summed E-state index contributed by atoms with van der Waals surface area (Å²) in [5.74, 6) is 1.32. The monoisotopic (exact) mass is 318 g/mol. The van der Waals surface area contributed by atoms with E-state index >= 15 is 0 Å². The van der Waals surface area contributed by atoms with Crippen LogP contribution in [0.1, 0.15) is 39.2 Å². The van der Waals surface area contributed by atoms with Gasteiger partial charge < -0.3 is 0 Å². The molecule has 1 aromatic rings. The molecule has 2 rings (SSSR count). The fourth-order valence-electron chi connectivity index (χ4n) is 2.82. The van der Waals surface area contributed by atoms with E-state index in [0.717, 1.165) is 12.8 Å². The number of hydrogen-bond donors (Lipinski definition) is 0. The molecular formula is C12H16BrClN2O. The maximum absolute atomic E-state index is 12.1. The van der Waals surface area contributed by atoms with Gasteiger partial charge in [0.2, 0.25) is 0 Å². The molecule has 0 aliphatic heterocycles. The molecule has 2 unspecified atom stereocenters. The third-order valence-electron chi connectivity index (χ3n) is 3.45. The van der Waals surface area contributed by atoms with Crippen LogP contribution < -0.4 is 5.56 Å². The van der Waals surface area contributed by atoms with E-state index in [1.165, 1.54) is 6.42 Å². The van der Waals surface area contributed by atoms with Gasteiger partial charge in [0, 0.05) is 6.04 Å². The second kappa shape index (κ2) is 5.11. The van der Waals surface area contributed by atoms with Crippen LogP contribution in [0, 0.1) is 11.8 Å². The molecule has 0 radical (unpaired) electrons. The summed E-state index contributed by atoms with van der Waals surface area (Å²) < 4.78 is 2.09. The summed E-state index contributed by atoms with van der Waals surface area (Å²) in [6, 6.07) is 0.252. The molecule has 17 heavy (non-hydrogen) atoms. The number of halogens is 2. The summed E-state index contributed by atoms with van der Waals surface area (Å²) in [6.07, 6.45) is 4.90. The molecular weight excluding hydrogens is 304 g/mol. The molecule has 0 amide bonds. The Bertz CT molecular complexity index is 464. The molecule has 1 aliphatic carbocycles. The summed E-state index contributed by atoms with van der Waals surface area (Å²) in [7, 11) is 0. The van der Waals surface area contributed by atoms with Crippen molar-refractivity contribution in [1.82, 2.24) is 9.55 Å². The van der Waals surface area contributed by atoms with E-state index < -0.39 is 0 Å². The first kappa shape index (κ1) is 13.1. The topological polar surface area (TPSA) is 34.9 Å². The fraction of sp³-hybridized carbons (Fsp3) is 0.667. The Morgan fingerprint density at radius 3 is 2.53 bits per heavy atom. The van der Waals surface area contributed by atoms with Gasteiger partial charge in [-0.3, -0.25) is 9.36 Å². The van der Waals surface area contributed by atoms with Crippen molar-refractivity contribution in [2.75, 3.05) is 0 Å². The molecule has 0 N–H and O–H groups in total. The van der Waals surface area contributed by atoms with Crippen LogP contribution in [0.2, 0.25) is 5.15 Å². The van der Waals surface area contributed by atoms with Crippen LogP contribution in [-0.2, 0) is 0 Å². The van der Waals surface area contributed by atoms with Gasteiger partial charge in [-0.15, -0.1) is 0 Å². The number of hydrogen-bond acceptors (Lipinski definition) is 2. The summed E-state index contributed by atoms with van der Waals surface area (Å²) in [6.45, 7) is 4.48. The van der Waals surface area contributed by atoms with Crippen LogP contribution >= 0.6 is 27.5 Å². The lowest BCUT2D eigenvalue weighted by Gasteiger charge is -2.32. The molecule has 2 atom stereocenters. The van der Waals surface area contributed by atoms with Gasteiger partial charge in [-0.25, -0.2) is 4.98 Å². The van der Waals surface area contributed by atoms with Crippen molar-refractivity contribution in [2.45, 2.75) is 39.2 Å². The predicted molar refractivity (Wildman–Crippen MR) is 72.4 cm³/mol. The quantitative estimate of drug-likeness (QED) is 0.741. The summed E-state index contributed by atoms with van der Waals surface area (Å²) >= 11 is 9.01. The van der Waals surface area contributed by atoms with Gasteiger partial charge in [0.1, 0.15) is 4.47 Å². The first-order valence-corrected chi connectivity index (χ1v) is 7.08. The molecule has 5 heteroatoms. The van der Waals surface area contributed by atoms with E-state index in [1.54, 1.807) is 10.9 Å². The minimum absolute atomic E-state index is 0.0729. The van der Waals surface area contributed by atoms with E-state index in [4.69, 9.17) is 11.6 Å². The Labute approximate surface area is 114 Å². The van der Waals surface area contributed by atoms with Crippen molar-refractivity contribution in [1.29, 1.82) is 0 Å². The molecule has 1 heterocycles. The van der Waals surface area contributed by atoms with E-state index in [9.17, 15) is 4.79 Å². The lowest BCUT2D eigenvalue weighted by molar-refractivity contribution is 0.216. The van der Waals surface area contributed by atoms with Gasteiger partial charge in [0.25, 0.3) is 5.56 Å². The number of aromatic nitrogens is 2. The first-order chi connectivity index (χ1) is 7.99. The Hall–Kier alpha value is -0.350. The minimum Gasteiger partial charge on any atom is -0.295 e. The van der Waals surface area contributed by atoms with Crippen molar-refractivity contribution in [3.05, 3.63) is 26.3 Å². The largest absolute Gasteiger partial charge is 0.295 e. The standard InChI is InChI=1S/C12H16BrClN2O/c1-7-3-8(2)5-9(4-7)16-6-15-11(14)10(13)12(16)17/h6-9H,3-5H2,1-2H3.